The Morgan fingerprint density at radius 3 is 2.43 bits per heavy atom. The quantitative estimate of drug-likeness (QED) is 0.832. The minimum Gasteiger partial charge on any atom is -0.491 e. The molecule has 1 aliphatic heterocycles. The van der Waals surface area contributed by atoms with Crippen LogP contribution >= 0.6 is 0 Å². The molecule has 1 saturated heterocycles. The molecule has 0 bridgehead atoms. The lowest BCUT2D eigenvalue weighted by atomic mass is 10.1. The summed E-state index contributed by atoms with van der Waals surface area (Å²) in [5, 5.41) is 3.60. The summed E-state index contributed by atoms with van der Waals surface area (Å²) >= 11 is 0. The molecule has 0 spiro atoms. The summed E-state index contributed by atoms with van der Waals surface area (Å²) in [6.07, 6.45) is 2.86. The molecule has 118 valence electrons. The average Bonchev–Trinajstić information content (AvgIpc) is 2.92. The first-order chi connectivity index (χ1) is 10.0. The van der Waals surface area contributed by atoms with E-state index in [4.69, 9.17) is 4.74 Å². The smallest absolute Gasteiger partial charge is 0.119 e. The average molecular weight is 290 g/mol. The van der Waals surface area contributed by atoms with Gasteiger partial charge >= 0.3 is 0 Å². The predicted molar refractivity (Wildman–Crippen MR) is 88.8 cm³/mol. The fourth-order valence-corrected chi connectivity index (χ4v) is 2.83. The lowest BCUT2D eigenvalue weighted by Gasteiger charge is -2.29. The van der Waals surface area contributed by atoms with Crippen LogP contribution in [0.2, 0.25) is 0 Å². The van der Waals surface area contributed by atoms with Crippen LogP contribution in [0.25, 0.3) is 0 Å². The van der Waals surface area contributed by atoms with E-state index in [0.29, 0.717) is 12.1 Å². The van der Waals surface area contributed by atoms with Crippen LogP contribution in [-0.2, 0) is 6.54 Å². The molecule has 21 heavy (non-hydrogen) atoms. The summed E-state index contributed by atoms with van der Waals surface area (Å²) < 4.78 is 5.71. The summed E-state index contributed by atoms with van der Waals surface area (Å²) in [6, 6.07) is 9.78. The molecule has 1 atom stereocenters. The van der Waals surface area contributed by atoms with Crippen LogP contribution in [0.15, 0.2) is 24.3 Å². The van der Waals surface area contributed by atoms with Gasteiger partial charge in [-0.3, -0.25) is 4.90 Å². The van der Waals surface area contributed by atoms with Gasteiger partial charge in [0.25, 0.3) is 0 Å². The number of benzene rings is 1. The molecular formula is C18H30N2O. The number of ether oxygens (including phenoxy) is 1. The van der Waals surface area contributed by atoms with Gasteiger partial charge < -0.3 is 10.1 Å². The first-order valence-electron chi connectivity index (χ1n) is 8.27. The van der Waals surface area contributed by atoms with Gasteiger partial charge in [-0.05, 0) is 64.8 Å². The normalized spacial score (nSPS) is 18.9. The van der Waals surface area contributed by atoms with Crippen molar-refractivity contribution in [1.82, 2.24) is 10.2 Å². The van der Waals surface area contributed by atoms with E-state index in [0.717, 1.165) is 18.8 Å². The Labute approximate surface area is 129 Å². The van der Waals surface area contributed by atoms with Crippen LogP contribution in [0, 0.1) is 0 Å². The van der Waals surface area contributed by atoms with E-state index >= 15 is 0 Å². The Morgan fingerprint density at radius 1 is 1.19 bits per heavy atom. The summed E-state index contributed by atoms with van der Waals surface area (Å²) in [7, 11) is 0. The molecule has 0 saturated carbocycles. The van der Waals surface area contributed by atoms with Gasteiger partial charge in [0.1, 0.15) is 5.75 Å². The maximum absolute atomic E-state index is 5.71. The highest BCUT2D eigenvalue weighted by Gasteiger charge is 2.19. The van der Waals surface area contributed by atoms with Gasteiger partial charge in [-0.1, -0.05) is 12.1 Å². The summed E-state index contributed by atoms with van der Waals surface area (Å²) in [4.78, 5) is 2.56. The van der Waals surface area contributed by atoms with Gasteiger partial charge in [0.15, 0.2) is 0 Å². The van der Waals surface area contributed by atoms with Crippen molar-refractivity contribution in [3.63, 3.8) is 0 Å². The molecule has 1 fully saturated rings. The maximum atomic E-state index is 5.71. The summed E-state index contributed by atoms with van der Waals surface area (Å²) in [5.41, 5.74) is 1.36. The third-order valence-corrected chi connectivity index (χ3v) is 4.03. The SMILES string of the molecule is CC(C)Oc1ccc(CN(CC2CCCN2)C(C)C)cc1. The number of hydrogen-bond donors (Lipinski definition) is 1. The lowest BCUT2D eigenvalue weighted by molar-refractivity contribution is 0.194. The van der Waals surface area contributed by atoms with Crippen molar-refractivity contribution in [3.05, 3.63) is 29.8 Å². The molecule has 1 aliphatic rings. The van der Waals surface area contributed by atoms with E-state index in [1.165, 1.54) is 24.9 Å². The number of rotatable bonds is 7. The third-order valence-electron chi connectivity index (χ3n) is 4.03. The third kappa shape index (κ3) is 5.33. The fraction of sp³-hybridized carbons (Fsp3) is 0.667. The van der Waals surface area contributed by atoms with Gasteiger partial charge in [0.05, 0.1) is 6.10 Å². The molecule has 0 aliphatic carbocycles. The van der Waals surface area contributed by atoms with Crippen molar-refractivity contribution in [1.29, 1.82) is 0 Å². The maximum Gasteiger partial charge on any atom is 0.119 e. The first-order valence-corrected chi connectivity index (χ1v) is 8.27. The van der Waals surface area contributed by atoms with Crippen molar-refractivity contribution in [2.24, 2.45) is 0 Å². The lowest BCUT2D eigenvalue weighted by Crippen LogP contribution is -2.40. The largest absolute Gasteiger partial charge is 0.491 e. The zero-order valence-electron chi connectivity index (χ0n) is 13.9. The number of hydrogen-bond acceptors (Lipinski definition) is 3. The van der Waals surface area contributed by atoms with E-state index in [9.17, 15) is 0 Å². The predicted octanol–water partition coefficient (Wildman–Crippen LogP) is 3.44. The number of nitrogens with zero attached hydrogens (tertiary/aromatic N) is 1. The van der Waals surface area contributed by atoms with Crippen LogP contribution < -0.4 is 10.1 Å². The van der Waals surface area contributed by atoms with Gasteiger partial charge in [-0.25, -0.2) is 0 Å². The second-order valence-electron chi connectivity index (χ2n) is 6.63. The Kier molecular flexibility index (Phi) is 6.07. The van der Waals surface area contributed by atoms with E-state index in [-0.39, 0.29) is 6.10 Å². The Bertz CT molecular complexity index is 408. The highest BCUT2D eigenvalue weighted by atomic mass is 16.5. The van der Waals surface area contributed by atoms with Gasteiger partial charge in [-0.15, -0.1) is 0 Å². The highest BCUT2D eigenvalue weighted by Crippen LogP contribution is 2.17. The van der Waals surface area contributed by atoms with E-state index in [1.807, 2.05) is 0 Å². The minimum absolute atomic E-state index is 0.233. The zero-order valence-corrected chi connectivity index (χ0v) is 13.9. The fourth-order valence-electron chi connectivity index (χ4n) is 2.83. The minimum atomic E-state index is 0.233. The topological polar surface area (TPSA) is 24.5 Å². The summed E-state index contributed by atoms with van der Waals surface area (Å²) in [6.45, 7) is 12.0. The molecule has 1 aromatic carbocycles. The highest BCUT2D eigenvalue weighted by molar-refractivity contribution is 5.27. The van der Waals surface area contributed by atoms with Gasteiger partial charge in [0, 0.05) is 25.2 Å². The van der Waals surface area contributed by atoms with Crippen molar-refractivity contribution < 1.29 is 4.74 Å². The molecule has 0 amide bonds. The Balaban J connectivity index is 1.92. The number of nitrogens with one attached hydrogen (secondary N) is 1. The molecule has 1 aromatic rings. The second-order valence-corrected chi connectivity index (χ2v) is 6.63. The van der Waals surface area contributed by atoms with Gasteiger partial charge in [-0.2, -0.15) is 0 Å². The van der Waals surface area contributed by atoms with Crippen molar-refractivity contribution in [3.8, 4) is 5.75 Å². The van der Waals surface area contributed by atoms with Crippen LogP contribution in [0.1, 0.15) is 46.1 Å². The van der Waals surface area contributed by atoms with Crippen LogP contribution in [0.4, 0.5) is 0 Å². The molecular weight excluding hydrogens is 260 g/mol. The van der Waals surface area contributed by atoms with Crippen molar-refractivity contribution >= 4 is 0 Å². The summed E-state index contributed by atoms with van der Waals surface area (Å²) in [5.74, 6) is 0.960. The Morgan fingerprint density at radius 2 is 1.90 bits per heavy atom. The molecule has 0 aromatic heterocycles. The van der Waals surface area contributed by atoms with E-state index in [1.54, 1.807) is 0 Å². The molecule has 1 unspecified atom stereocenters. The van der Waals surface area contributed by atoms with Crippen molar-refractivity contribution in [2.75, 3.05) is 13.1 Å². The molecule has 3 nitrogen and oxygen atoms in total. The monoisotopic (exact) mass is 290 g/mol. The van der Waals surface area contributed by atoms with Crippen LogP contribution in [0.5, 0.6) is 5.75 Å². The van der Waals surface area contributed by atoms with Crippen LogP contribution in [0.3, 0.4) is 0 Å². The molecule has 1 N–H and O–H groups in total. The van der Waals surface area contributed by atoms with Gasteiger partial charge in [0.2, 0.25) is 0 Å². The molecule has 2 rings (SSSR count). The van der Waals surface area contributed by atoms with E-state index < -0.39 is 0 Å². The first kappa shape index (κ1) is 16.3. The second kappa shape index (κ2) is 7.81. The molecule has 1 heterocycles. The molecule has 0 radical (unpaired) electrons. The Hall–Kier alpha value is -1.06. The molecule has 3 heteroatoms. The van der Waals surface area contributed by atoms with E-state index in [2.05, 4.69) is 62.2 Å². The zero-order chi connectivity index (χ0) is 15.2. The standard InChI is InChI=1S/C18H30N2O/c1-14(2)20(13-17-6-5-11-19-17)12-16-7-9-18(10-8-16)21-15(3)4/h7-10,14-15,17,19H,5-6,11-13H2,1-4H3. The van der Waals surface area contributed by atoms with Crippen LogP contribution in [-0.4, -0.2) is 36.2 Å². The van der Waals surface area contributed by atoms with Crippen molar-refractivity contribution in [2.45, 2.75) is 65.3 Å².